The van der Waals surface area contributed by atoms with E-state index in [2.05, 4.69) is 0 Å². The number of rotatable bonds is 5. The maximum atomic E-state index is 11.8. The summed E-state index contributed by atoms with van der Waals surface area (Å²) >= 11 is 0. The van der Waals surface area contributed by atoms with Crippen molar-refractivity contribution < 1.29 is 19.4 Å². The maximum Gasteiger partial charge on any atom is 0.223 e. The highest BCUT2D eigenvalue weighted by molar-refractivity contribution is 5.78. The van der Waals surface area contributed by atoms with Gasteiger partial charge in [0.1, 0.15) is 0 Å². The van der Waals surface area contributed by atoms with Crippen LogP contribution >= 0.6 is 0 Å². The Kier molecular flexibility index (Phi) is 4.27. The maximum absolute atomic E-state index is 11.8. The zero-order valence-corrected chi connectivity index (χ0v) is 11.3. The molecule has 0 aromatic heterocycles. The minimum absolute atomic E-state index is 0.0626. The van der Waals surface area contributed by atoms with Crippen molar-refractivity contribution >= 4 is 5.91 Å². The molecule has 19 heavy (non-hydrogen) atoms. The largest absolute Gasteiger partial charge is 0.493 e. The number of carbonyl (C=O) groups excluding carboxylic acids is 1. The Bertz CT molecular complexity index is 461. The number of aliphatic hydroxyl groups excluding tert-OH is 1. The van der Waals surface area contributed by atoms with Crippen LogP contribution in [0.25, 0.3) is 0 Å². The normalized spacial score (nSPS) is 18.8. The lowest BCUT2D eigenvalue weighted by Gasteiger charge is -2.17. The van der Waals surface area contributed by atoms with Crippen molar-refractivity contribution in [2.75, 3.05) is 27.4 Å². The number of amides is 1. The van der Waals surface area contributed by atoms with Gasteiger partial charge in [-0.1, -0.05) is 6.07 Å². The SMILES string of the molecule is COc1ccc(CN2CC(CO)CC2=O)cc1OC. The summed E-state index contributed by atoms with van der Waals surface area (Å²) in [5, 5.41) is 9.10. The van der Waals surface area contributed by atoms with Gasteiger partial charge in [-0.3, -0.25) is 4.79 Å². The van der Waals surface area contributed by atoms with Gasteiger partial charge in [-0.25, -0.2) is 0 Å². The summed E-state index contributed by atoms with van der Waals surface area (Å²) in [6.07, 6.45) is 0.434. The Morgan fingerprint density at radius 3 is 2.63 bits per heavy atom. The Balaban J connectivity index is 2.09. The van der Waals surface area contributed by atoms with Crippen molar-refractivity contribution in [1.29, 1.82) is 0 Å². The van der Waals surface area contributed by atoms with Crippen molar-refractivity contribution in [2.45, 2.75) is 13.0 Å². The van der Waals surface area contributed by atoms with Gasteiger partial charge < -0.3 is 19.5 Å². The summed E-state index contributed by atoms with van der Waals surface area (Å²) in [5.74, 6) is 1.49. The Labute approximate surface area is 112 Å². The summed E-state index contributed by atoms with van der Waals surface area (Å²) < 4.78 is 10.4. The third-order valence-electron chi connectivity index (χ3n) is 3.37. The van der Waals surface area contributed by atoms with Crippen LogP contribution in [0.15, 0.2) is 18.2 Å². The number of nitrogens with zero attached hydrogens (tertiary/aromatic N) is 1. The third kappa shape index (κ3) is 2.98. The van der Waals surface area contributed by atoms with E-state index in [9.17, 15) is 4.79 Å². The van der Waals surface area contributed by atoms with E-state index >= 15 is 0 Å². The molecule has 0 aliphatic carbocycles. The van der Waals surface area contributed by atoms with E-state index in [1.165, 1.54) is 0 Å². The molecule has 5 heteroatoms. The van der Waals surface area contributed by atoms with Gasteiger partial charge in [-0.2, -0.15) is 0 Å². The van der Waals surface area contributed by atoms with E-state index in [0.717, 1.165) is 5.56 Å². The second kappa shape index (κ2) is 5.93. The summed E-state index contributed by atoms with van der Waals surface area (Å²) in [7, 11) is 3.18. The first kappa shape index (κ1) is 13.7. The quantitative estimate of drug-likeness (QED) is 0.864. The van der Waals surface area contributed by atoms with E-state index < -0.39 is 0 Å². The lowest BCUT2D eigenvalue weighted by Crippen LogP contribution is -2.24. The van der Waals surface area contributed by atoms with Crippen LogP contribution in [-0.2, 0) is 11.3 Å². The molecule has 2 rings (SSSR count). The van der Waals surface area contributed by atoms with Gasteiger partial charge in [0.15, 0.2) is 11.5 Å². The van der Waals surface area contributed by atoms with E-state index in [1.54, 1.807) is 19.1 Å². The number of aliphatic hydroxyl groups is 1. The summed E-state index contributed by atoms with van der Waals surface area (Å²) in [5.41, 5.74) is 0.990. The first-order chi connectivity index (χ1) is 9.17. The molecule has 1 unspecified atom stereocenters. The highest BCUT2D eigenvalue weighted by atomic mass is 16.5. The van der Waals surface area contributed by atoms with E-state index in [-0.39, 0.29) is 18.4 Å². The molecule has 0 spiro atoms. The molecular weight excluding hydrogens is 246 g/mol. The van der Waals surface area contributed by atoms with E-state index in [4.69, 9.17) is 14.6 Å². The molecule has 1 aliphatic heterocycles. The zero-order valence-electron chi connectivity index (χ0n) is 11.3. The minimum atomic E-state index is 0.0626. The van der Waals surface area contributed by atoms with Crippen LogP contribution in [0.5, 0.6) is 11.5 Å². The predicted octanol–water partition coefficient (Wildman–Crippen LogP) is 1.04. The molecule has 1 atom stereocenters. The van der Waals surface area contributed by atoms with Gasteiger partial charge >= 0.3 is 0 Å². The van der Waals surface area contributed by atoms with Crippen LogP contribution in [-0.4, -0.2) is 43.3 Å². The van der Waals surface area contributed by atoms with Gasteiger partial charge in [-0.15, -0.1) is 0 Å². The molecule has 1 aromatic carbocycles. The Morgan fingerprint density at radius 1 is 1.32 bits per heavy atom. The number of methoxy groups -OCH3 is 2. The van der Waals surface area contributed by atoms with Crippen LogP contribution in [0, 0.1) is 5.92 Å². The standard InChI is InChI=1S/C14H19NO4/c1-18-12-4-3-10(5-13(12)19-2)7-15-8-11(9-16)6-14(15)17/h3-5,11,16H,6-9H2,1-2H3. The Hall–Kier alpha value is -1.75. The van der Waals surface area contributed by atoms with Crippen molar-refractivity contribution in [1.82, 2.24) is 4.90 Å². The van der Waals surface area contributed by atoms with E-state index in [0.29, 0.717) is 31.0 Å². The van der Waals surface area contributed by atoms with Gasteiger partial charge in [0.05, 0.1) is 14.2 Å². The fraction of sp³-hybridized carbons (Fsp3) is 0.500. The van der Waals surface area contributed by atoms with Gasteiger partial charge in [0.25, 0.3) is 0 Å². The van der Waals surface area contributed by atoms with Gasteiger partial charge in [0.2, 0.25) is 5.91 Å². The van der Waals surface area contributed by atoms with Crippen LogP contribution < -0.4 is 9.47 Å². The third-order valence-corrected chi connectivity index (χ3v) is 3.37. The molecule has 104 valence electrons. The molecule has 5 nitrogen and oxygen atoms in total. The van der Waals surface area contributed by atoms with Crippen molar-refractivity contribution in [2.24, 2.45) is 5.92 Å². The second-order valence-electron chi connectivity index (χ2n) is 4.72. The minimum Gasteiger partial charge on any atom is -0.493 e. The van der Waals surface area contributed by atoms with Crippen LogP contribution in [0.1, 0.15) is 12.0 Å². The molecule has 1 saturated heterocycles. The number of hydrogen-bond donors (Lipinski definition) is 1. The first-order valence-corrected chi connectivity index (χ1v) is 6.27. The smallest absolute Gasteiger partial charge is 0.223 e. The molecule has 0 bridgehead atoms. The Morgan fingerprint density at radius 2 is 2.05 bits per heavy atom. The number of hydrogen-bond acceptors (Lipinski definition) is 4. The zero-order chi connectivity index (χ0) is 13.8. The van der Waals surface area contributed by atoms with Gasteiger partial charge in [0, 0.05) is 32.0 Å². The summed E-state index contributed by atoms with van der Waals surface area (Å²) in [6, 6.07) is 5.62. The lowest BCUT2D eigenvalue weighted by molar-refractivity contribution is -0.128. The molecule has 1 fully saturated rings. The predicted molar refractivity (Wildman–Crippen MR) is 70.2 cm³/mol. The molecular formula is C14H19NO4. The van der Waals surface area contributed by atoms with Crippen molar-refractivity contribution in [3.8, 4) is 11.5 Å². The fourth-order valence-electron chi connectivity index (χ4n) is 2.33. The molecule has 1 N–H and O–H groups in total. The first-order valence-electron chi connectivity index (χ1n) is 6.27. The molecule has 1 heterocycles. The average Bonchev–Trinajstić information content (AvgIpc) is 2.79. The fourth-order valence-corrected chi connectivity index (χ4v) is 2.33. The van der Waals surface area contributed by atoms with E-state index in [1.807, 2.05) is 18.2 Å². The van der Waals surface area contributed by atoms with Crippen LogP contribution in [0.4, 0.5) is 0 Å². The summed E-state index contributed by atoms with van der Waals surface area (Å²) in [6.45, 7) is 1.22. The van der Waals surface area contributed by atoms with Gasteiger partial charge in [-0.05, 0) is 17.7 Å². The number of carbonyl (C=O) groups is 1. The topological polar surface area (TPSA) is 59.0 Å². The molecule has 1 amide bonds. The van der Waals surface area contributed by atoms with Crippen molar-refractivity contribution in [3.63, 3.8) is 0 Å². The van der Waals surface area contributed by atoms with Crippen molar-refractivity contribution in [3.05, 3.63) is 23.8 Å². The highest BCUT2D eigenvalue weighted by Gasteiger charge is 2.28. The summed E-state index contributed by atoms with van der Waals surface area (Å²) in [4.78, 5) is 13.6. The lowest BCUT2D eigenvalue weighted by atomic mass is 10.1. The molecule has 0 radical (unpaired) electrons. The van der Waals surface area contributed by atoms with Crippen LogP contribution in [0.2, 0.25) is 0 Å². The molecule has 0 saturated carbocycles. The molecule has 1 aliphatic rings. The number of ether oxygens (including phenoxy) is 2. The van der Waals surface area contributed by atoms with Crippen LogP contribution in [0.3, 0.4) is 0 Å². The molecule has 1 aromatic rings. The monoisotopic (exact) mass is 265 g/mol. The number of benzene rings is 1. The second-order valence-corrected chi connectivity index (χ2v) is 4.72. The highest BCUT2D eigenvalue weighted by Crippen LogP contribution is 2.29. The number of likely N-dealkylation sites (tertiary alicyclic amines) is 1. The average molecular weight is 265 g/mol.